The van der Waals surface area contributed by atoms with Crippen LogP contribution in [0, 0.1) is 0 Å². The summed E-state index contributed by atoms with van der Waals surface area (Å²) in [7, 11) is 0. The zero-order chi connectivity index (χ0) is 18.4. The number of hydrogen-bond acceptors (Lipinski definition) is 4. The van der Waals surface area contributed by atoms with Gasteiger partial charge in [-0.3, -0.25) is 9.59 Å². The van der Waals surface area contributed by atoms with Gasteiger partial charge in [0.25, 0.3) is 0 Å². The fourth-order valence-electron chi connectivity index (χ4n) is 4.00. The van der Waals surface area contributed by atoms with Crippen LogP contribution in [0.15, 0.2) is 18.3 Å². The Bertz CT molecular complexity index is 618. The number of carbonyl (C=O) groups excluding carboxylic acids is 2. The molecule has 3 rings (SSSR count). The van der Waals surface area contributed by atoms with Crippen molar-refractivity contribution in [2.24, 2.45) is 0 Å². The van der Waals surface area contributed by atoms with Crippen molar-refractivity contribution in [1.29, 1.82) is 0 Å². The van der Waals surface area contributed by atoms with E-state index in [9.17, 15) is 9.59 Å². The largest absolute Gasteiger partial charge is 0.368 e. The summed E-state index contributed by atoms with van der Waals surface area (Å²) in [6.07, 6.45) is 10.7. The third kappa shape index (κ3) is 5.04. The number of nitrogens with one attached hydrogen (secondary N) is 2. The molecule has 1 aliphatic heterocycles. The molecule has 1 saturated heterocycles. The highest BCUT2D eigenvalue weighted by molar-refractivity contribution is 5.87. The summed E-state index contributed by atoms with van der Waals surface area (Å²) < 4.78 is 5.55. The Morgan fingerprint density at radius 3 is 2.65 bits per heavy atom. The summed E-state index contributed by atoms with van der Waals surface area (Å²) >= 11 is 0. The lowest BCUT2D eigenvalue weighted by Gasteiger charge is -2.39. The molecule has 1 atom stereocenters. The molecular weight excluding hydrogens is 330 g/mol. The maximum absolute atomic E-state index is 12.6. The third-order valence-electron chi connectivity index (χ3n) is 5.44. The molecule has 1 saturated carbocycles. The second-order valence-corrected chi connectivity index (χ2v) is 7.56. The van der Waals surface area contributed by atoms with E-state index < -0.39 is 0 Å². The van der Waals surface area contributed by atoms with Crippen LogP contribution in [0.25, 0.3) is 0 Å². The van der Waals surface area contributed by atoms with Crippen molar-refractivity contribution in [2.75, 3.05) is 11.9 Å². The minimum Gasteiger partial charge on any atom is -0.368 e. The van der Waals surface area contributed by atoms with E-state index in [1.165, 1.54) is 13.3 Å². The molecule has 1 aromatic heterocycles. The molecule has 2 aliphatic rings. The minimum absolute atomic E-state index is 0.0588. The molecule has 0 spiro atoms. The lowest BCUT2D eigenvalue weighted by molar-refractivity contribution is -0.132. The average molecular weight is 359 g/mol. The standard InChI is InChI=1S/C20H29N3O3/c1-15(24)22-18-8-7-16(14-21-18)9-12-20(10-3-2-4-11-20)23-19(25)17-6-5-13-26-17/h7-8,14,17H,2-6,9-13H2,1H3,(H,23,25)(H,21,22,24)/t17-/m1/s1. The topological polar surface area (TPSA) is 80.3 Å². The Kier molecular flexibility index (Phi) is 6.25. The summed E-state index contributed by atoms with van der Waals surface area (Å²) in [5.74, 6) is 0.507. The SMILES string of the molecule is CC(=O)Nc1ccc(CCC2(NC(=O)[C@H]3CCCO3)CCCCC2)cn1. The highest BCUT2D eigenvalue weighted by Crippen LogP contribution is 2.33. The number of anilines is 1. The molecule has 0 radical (unpaired) electrons. The molecule has 6 nitrogen and oxygen atoms in total. The van der Waals surface area contributed by atoms with Crippen LogP contribution in [0.2, 0.25) is 0 Å². The molecule has 142 valence electrons. The molecule has 1 aliphatic carbocycles. The van der Waals surface area contributed by atoms with E-state index in [4.69, 9.17) is 4.74 Å². The maximum Gasteiger partial charge on any atom is 0.249 e. The van der Waals surface area contributed by atoms with Gasteiger partial charge in [-0.2, -0.15) is 0 Å². The normalized spacial score (nSPS) is 22.0. The average Bonchev–Trinajstić information content (AvgIpc) is 3.16. The van der Waals surface area contributed by atoms with E-state index in [1.54, 1.807) is 0 Å². The van der Waals surface area contributed by atoms with E-state index in [0.29, 0.717) is 12.4 Å². The first-order valence-corrected chi connectivity index (χ1v) is 9.72. The van der Waals surface area contributed by atoms with Crippen LogP contribution in [0.5, 0.6) is 0 Å². The van der Waals surface area contributed by atoms with E-state index >= 15 is 0 Å². The van der Waals surface area contributed by atoms with Gasteiger partial charge < -0.3 is 15.4 Å². The zero-order valence-corrected chi connectivity index (χ0v) is 15.6. The molecule has 0 unspecified atom stereocenters. The maximum atomic E-state index is 12.6. The minimum atomic E-state index is -0.271. The van der Waals surface area contributed by atoms with Gasteiger partial charge in [0.2, 0.25) is 11.8 Å². The van der Waals surface area contributed by atoms with E-state index in [-0.39, 0.29) is 23.5 Å². The van der Waals surface area contributed by atoms with Crippen molar-refractivity contribution < 1.29 is 14.3 Å². The Balaban J connectivity index is 1.60. The van der Waals surface area contributed by atoms with Crippen LogP contribution in [-0.2, 0) is 20.7 Å². The fourth-order valence-corrected chi connectivity index (χ4v) is 4.00. The number of ether oxygens (including phenoxy) is 1. The second kappa shape index (κ2) is 8.62. The number of hydrogen-bond donors (Lipinski definition) is 2. The molecule has 2 heterocycles. The Morgan fingerprint density at radius 1 is 1.23 bits per heavy atom. The van der Waals surface area contributed by atoms with Gasteiger partial charge in [-0.05, 0) is 50.2 Å². The Hall–Kier alpha value is -1.95. The van der Waals surface area contributed by atoms with Gasteiger partial charge in [-0.1, -0.05) is 25.3 Å². The molecule has 6 heteroatoms. The highest BCUT2D eigenvalue weighted by atomic mass is 16.5. The number of aryl methyl sites for hydroxylation is 1. The number of amides is 2. The van der Waals surface area contributed by atoms with Gasteiger partial charge in [0, 0.05) is 25.3 Å². The molecule has 2 amide bonds. The summed E-state index contributed by atoms with van der Waals surface area (Å²) in [6.45, 7) is 2.16. The molecule has 2 fully saturated rings. The highest BCUT2D eigenvalue weighted by Gasteiger charge is 2.36. The molecule has 0 bridgehead atoms. The third-order valence-corrected chi connectivity index (χ3v) is 5.44. The van der Waals surface area contributed by atoms with E-state index in [1.807, 2.05) is 18.3 Å². The van der Waals surface area contributed by atoms with Crippen LogP contribution in [0.1, 0.15) is 63.9 Å². The smallest absolute Gasteiger partial charge is 0.249 e. The molecule has 2 N–H and O–H groups in total. The number of nitrogens with zero attached hydrogens (tertiary/aromatic N) is 1. The predicted octanol–water partition coefficient (Wildman–Crippen LogP) is 2.97. The van der Waals surface area contributed by atoms with Crippen LogP contribution in [0.4, 0.5) is 5.82 Å². The molecule has 0 aromatic carbocycles. The van der Waals surface area contributed by atoms with Crippen molar-refractivity contribution in [3.05, 3.63) is 23.9 Å². The monoisotopic (exact) mass is 359 g/mol. The zero-order valence-electron chi connectivity index (χ0n) is 15.6. The Morgan fingerprint density at radius 2 is 2.04 bits per heavy atom. The van der Waals surface area contributed by atoms with Crippen LogP contribution >= 0.6 is 0 Å². The fraction of sp³-hybridized carbons (Fsp3) is 0.650. The van der Waals surface area contributed by atoms with Gasteiger partial charge in [0.15, 0.2) is 0 Å². The van der Waals surface area contributed by atoms with E-state index in [2.05, 4.69) is 15.6 Å². The first-order chi connectivity index (χ1) is 12.6. The summed E-state index contributed by atoms with van der Waals surface area (Å²) in [5, 5.41) is 6.02. The van der Waals surface area contributed by atoms with E-state index in [0.717, 1.165) is 56.9 Å². The summed E-state index contributed by atoms with van der Waals surface area (Å²) in [6, 6.07) is 3.83. The second-order valence-electron chi connectivity index (χ2n) is 7.56. The molecule has 1 aromatic rings. The number of carbonyl (C=O) groups is 2. The van der Waals surface area contributed by atoms with Crippen molar-refractivity contribution in [2.45, 2.75) is 76.4 Å². The van der Waals surface area contributed by atoms with Crippen molar-refractivity contribution in [1.82, 2.24) is 10.3 Å². The van der Waals surface area contributed by atoms with Crippen molar-refractivity contribution in [3.63, 3.8) is 0 Å². The van der Waals surface area contributed by atoms with Crippen LogP contribution in [-0.4, -0.2) is 35.0 Å². The lowest BCUT2D eigenvalue weighted by Crippen LogP contribution is -2.53. The predicted molar refractivity (Wildman–Crippen MR) is 99.8 cm³/mol. The quantitative estimate of drug-likeness (QED) is 0.818. The lowest BCUT2D eigenvalue weighted by atomic mass is 9.77. The van der Waals surface area contributed by atoms with Gasteiger partial charge >= 0.3 is 0 Å². The van der Waals surface area contributed by atoms with Crippen LogP contribution < -0.4 is 10.6 Å². The summed E-state index contributed by atoms with van der Waals surface area (Å²) in [5.41, 5.74) is 0.993. The Labute approximate surface area is 155 Å². The number of rotatable bonds is 6. The first-order valence-electron chi connectivity index (χ1n) is 9.72. The molecular formula is C20H29N3O3. The van der Waals surface area contributed by atoms with Crippen molar-refractivity contribution >= 4 is 17.6 Å². The van der Waals surface area contributed by atoms with Crippen LogP contribution in [0.3, 0.4) is 0 Å². The van der Waals surface area contributed by atoms with Crippen molar-refractivity contribution in [3.8, 4) is 0 Å². The summed E-state index contributed by atoms with van der Waals surface area (Å²) in [4.78, 5) is 28.0. The van der Waals surface area contributed by atoms with Gasteiger partial charge in [-0.25, -0.2) is 4.98 Å². The van der Waals surface area contributed by atoms with Gasteiger partial charge in [0.1, 0.15) is 11.9 Å². The molecule has 26 heavy (non-hydrogen) atoms. The number of pyridine rings is 1. The first kappa shape index (κ1) is 18.8. The van der Waals surface area contributed by atoms with Gasteiger partial charge in [0.05, 0.1) is 0 Å². The van der Waals surface area contributed by atoms with Gasteiger partial charge in [-0.15, -0.1) is 0 Å². The number of aromatic nitrogens is 1.